The molecule has 0 amide bonds. The van der Waals surface area contributed by atoms with Gasteiger partial charge in [0, 0.05) is 57.0 Å². The summed E-state index contributed by atoms with van der Waals surface area (Å²) < 4.78 is 51.9. The van der Waals surface area contributed by atoms with Crippen LogP contribution in [0.1, 0.15) is 20.8 Å². The maximum absolute atomic E-state index is 6.83. The molecule has 0 saturated heterocycles. The molecule has 0 bridgehead atoms. The Labute approximate surface area is 314 Å². The number of hydrogen-bond acceptors (Lipinski definition) is 8. The maximum atomic E-state index is 6.83. The summed E-state index contributed by atoms with van der Waals surface area (Å²) in [6.07, 6.45) is 0. The average molecular weight is 751 g/mol. The fourth-order valence-electron chi connectivity index (χ4n) is 4.59. The van der Waals surface area contributed by atoms with Crippen molar-refractivity contribution in [2.24, 2.45) is 0 Å². The van der Waals surface area contributed by atoms with Crippen LogP contribution in [0.5, 0.6) is 57.5 Å². The van der Waals surface area contributed by atoms with Gasteiger partial charge in [0.05, 0.1) is 13.2 Å². The lowest BCUT2D eigenvalue weighted by Crippen LogP contribution is -2.49. The van der Waals surface area contributed by atoms with Crippen LogP contribution in [-0.4, -0.2) is 72.5 Å². The molecule has 0 aliphatic rings. The van der Waals surface area contributed by atoms with E-state index < -0.39 is 8.80 Å². The summed E-state index contributed by atoms with van der Waals surface area (Å²) in [6, 6.07) is 37.5. The summed E-state index contributed by atoms with van der Waals surface area (Å²) in [5, 5.41) is 0. The first-order valence-corrected chi connectivity index (χ1v) is 17.5. The van der Waals surface area contributed by atoms with Crippen molar-refractivity contribution in [1.82, 2.24) is 0 Å². The minimum Gasteiger partial charge on any atom is -0.492 e. The monoisotopic (exact) mass is 750 g/mol. The molecule has 5 rings (SSSR count). The highest BCUT2D eigenvalue weighted by Crippen LogP contribution is 2.61. The van der Waals surface area contributed by atoms with E-state index in [2.05, 4.69) is 0 Å². The standard InChI is InChI=1S/C37H38O8Si.4Si/c1-5-38-32-33(39-6-2)37(45-46(4,40-7-3)44-31-26-18-11-19-27-31)36(43-30-24-16-10-17-25-30)35(42-29-22-14-9-15-23-29)34(32)41-28-20-12-8-13-21-28;;;;/h8-27H,5-7H2,1-4H3;;;;. The highest BCUT2D eigenvalue weighted by atomic mass is 28.4. The Morgan fingerprint density at radius 1 is 0.380 bits per heavy atom. The van der Waals surface area contributed by atoms with E-state index in [9.17, 15) is 0 Å². The fourth-order valence-corrected chi connectivity index (χ4v) is 6.39. The Kier molecular flexibility index (Phi) is 19.0. The fraction of sp³-hybridized carbons (Fsp3) is 0.189. The average Bonchev–Trinajstić information content (AvgIpc) is 3.08. The molecule has 0 fully saturated rings. The second kappa shape index (κ2) is 21.7. The van der Waals surface area contributed by atoms with Gasteiger partial charge in [-0.25, -0.2) is 0 Å². The van der Waals surface area contributed by atoms with Gasteiger partial charge < -0.3 is 37.0 Å². The number of ether oxygens (including phenoxy) is 5. The van der Waals surface area contributed by atoms with Gasteiger partial charge in [-0.3, -0.25) is 0 Å². The van der Waals surface area contributed by atoms with Gasteiger partial charge in [0.1, 0.15) is 23.0 Å². The predicted octanol–water partition coefficient (Wildman–Crippen LogP) is 8.40. The van der Waals surface area contributed by atoms with Crippen LogP contribution in [-0.2, 0) is 4.43 Å². The second-order valence-electron chi connectivity index (χ2n) is 9.90. The lowest BCUT2D eigenvalue weighted by atomic mass is 10.2. The Hall–Kier alpha value is -4.26. The van der Waals surface area contributed by atoms with E-state index in [1.54, 1.807) is 0 Å². The predicted molar refractivity (Wildman–Crippen MR) is 202 cm³/mol. The summed E-state index contributed by atoms with van der Waals surface area (Å²) in [5.41, 5.74) is 0. The third kappa shape index (κ3) is 11.4. The Morgan fingerprint density at radius 3 is 1.06 bits per heavy atom. The van der Waals surface area contributed by atoms with E-state index in [0.29, 0.717) is 36.2 Å². The highest BCUT2D eigenvalue weighted by molar-refractivity contribution is 6.60. The molecular formula is C37H38O8Si5. The minimum atomic E-state index is -3.50. The molecule has 0 heterocycles. The number of hydrogen-bond donors (Lipinski definition) is 0. The van der Waals surface area contributed by atoms with Gasteiger partial charge in [-0.15, -0.1) is 0 Å². The van der Waals surface area contributed by atoms with E-state index in [-0.39, 0.29) is 85.0 Å². The van der Waals surface area contributed by atoms with Crippen LogP contribution >= 0.6 is 0 Å². The van der Waals surface area contributed by atoms with Crippen molar-refractivity contribution in [3.8, 4) is 57.5 Å². The Balaban J connectivity index is 0.00000312. The smallest absolute Gasteiger partial charge is 0.492 e. The van der Waals surface area contributed by atoms with Gasteiger partial charge in [0.25, 0.3) is 0 Å². The summed E-state index contributed by atoms with van der Waals surface area (Å²) in [4.78, 5) is 0. The summed E-state index contributed by atoms with van der Waals surface area (Å²) in [7, 11) is -3.50. The van der Waals surface area contributed by atoms with Gasteiger partial charge in [-0.2, -0.15) is 0 Å². The van der Waals surface area contributed by atoms with Crippen LogP contribution in [0.15, 0.2) is 121 Å². The van der Waals surface area contributed by atoms with Gasteiger partial charge >= 0.3 is 8.80 Å². The molecule has 5 aromatic carbocycles. The molecule has 1 unspecified atom stereocenters. The van der Waals surface area contributed by atoms with Crippen LogP contribution in [0, 0.1) is 0 Å². The Bertz CT molecular complexity index is 1670. The van der Waals surface area contributed by atoms with Crippen molar-refractivity contribution in [3.63, 3.8) is 0 Å². The highest BCUT2D eigenvalue weighted by Gasteiger charge is 2.44. The normalized spacial score (nSPS) is 11.0. The molecule has 1 atom stereocenters. The van der Waals surface area contributed by atoms with Gasteiger partial charge in [0.2, 0.25) is 34.5 Å². The molecule has 13 heteroatoms. The van der Waals surface area contributed by atoms with E-state index in [0.717, 1.165) is 0 Å². The van der Waals surface area contributed by atoms with E-state index >= 15 is 0 Å². The van der Waals surface area contributed by atoms with Crippen LogP contribution < -0.4 is 32.5 Å². The molecular weight excluding hydrogens is 713 g/mol. The van der Waals surface area contributed by atoms with E-state index in [1.807, 2.05) is 149 Å². The second-order valence-corrected chi connectivity index (χ2v) is 12.3. The molecule has 0 aliphatic heterocycles. The molecule has 8 nitrogen and oxygen atoms in total. The van der Waals surface area contributed by atoms with E-state index in [1.165, 1.54) is 0 Å². The molecule has 0 aliphatic carbocycles. The zero-order chi connectivity index (χ0) is 32.2. The third-order valence-corrected chi connectivity index (χ3v) is 8.44. The van der Waals surface area contributed by atoms with Crippen molar-refractivity contribution in [3.05, 3.63) is 121 Å². The van der Waals surface area contributed by atoms with Crippen LogP contribution in [0.4, 0.5) is 0 Å². The van der Waals surface area contributed by atoms with Crippen LogP contribution in [0.2, 0.25) is 6.55 Å². The topological polar surface area (TPSA) is 73.8 Å². The summed E-state index contributed by atoms with van der Waals surface area (Å²) in [6.45, 7) is 8.40. The first-order chi connectivity index (χ1) is 22.5. The summed E-state index contributed by atoms with van der Waals surface area (Å²) >= 11 is 0. The SMILES string of the molecule is CCOc1c(OCC)c(O[Si](C)(OCC)Oc2ccccc2)c(Oc2ccccc2)c(Oc2ccccc2)c1Oc1ccccc1.[Si].[Si].[Si].[Si]. The quantitative estimate of drug-likeness (QED) is 0.0932. The van der Waals surface area contributed by atoms with Gasteiger partial charge in [-0.1, -0.05) is 72.8 Å². The van der Waals surface area contributed by atoms with Crippen molar-refractivity contribution >= 4 is 52.7 Å². The molecule has 254 valence electrons. The molecule has 5 aromatic rings. The molecule has 0 spiro atoms. The number of para-hydroxylation sites is 4. The lowest BCUT2D eigenvalue weighted by Gasteiger charge is -2.30. The van der Waals surface area contributed by atoms with Crippen molar-refractivity contribution < 1.29 is 37.0 Å². The van der Waals surface area contributed by atoms with Gasteiger partial charge in [-0.05, 0) is 69.3 Å². The van der Waals surface area contributed by atoms with Crippen molar-refractivity contribution in [1.29, 1.82) is 0 Å². The Morgan fingerprint density at radius 2 is 0.700 bits per heavy atom. The molecule has 0 aromatic heterocycles. The number of benzene rings is 5. The molecule has 16 radical (unpaired) electrons. The maximum Gasteiger partial charge on any atom is 0.629 e. The molecule has 50 heavy (non-hydrogen) atoms. The zero-order valence-electron chi connectivity index (χ0n) is 28.4. The van der Waals surface area contributed by atoms with Gasteiger partial charge in [0.15, 0.2) is 0 Å². The third-order valence-electron chi connectivity index (χ3n) is 6.44. The van der Waals surface area contributed by atoms with Crippen molar-refractivity contribution in [2.75, 3.05) is 19.8 Å². The lowest BCUT2D eigenvalue weighted by molar-refractivity contribution is 0.173. The molecule has 0 saturated carbocycles. The minimum absolute atomic E-state index is 0. The van der Waals surface area contributed by atoms with Crippen LogP contribution in [0.25, 0.3) is 0 Å². The first kappa shape index (κ1) is 43.8. The summed E-state index contributed by atoms with van der Waals surface area (Å²) in [5.74, 6) is 3.64. The van der Waals surface area contributed by atoms with Crippen LogP contribution in [0.3, 0.4) is 0 Å². The zero-order valence-corrected chi connectivity index (χ0v) is 33.4. The first-order valence-electron chi connectivity index (χ1n) is 15.3. The molecule has 0 N–H and O–H groups in total. The largest absolute Gasteiger partial charge is 0.629 e. The number of rotatable bonds is 16. The van der Waals surface area contributed by atoms with Crippen molar-refractivity contribution in [2.45, 2.75) is 27.3 Å². The van der Waals surface area contributed by atoms with E-state index in [4.69, 9.17) is 37.0 Å².